The zero-order valence-corrected chi connectivity index (χ0v) is 22.3. The van der Waals surface area contributed by atoms with Crippen molar-refractivity contribution in [1.82, 2.24) is 8.87 Å². The van der Waals surface area contributed by atoms with Crippen molar-refractivity contribution < 1.29 is 32.2 Å². The monoisotopic (exact) mass is 545 g/mol. The van der Waals surface area contributed by atoms with Gasteiger partial charge in [-0.05, 0) is 24.3 Å². The Morgan fingerprint density at radius 1 is 1.03 bits per heavy atom. The van der Waals surface area contributed by atoms with Crippen molar-refractivity contribution >= 4 is 43.5 Å². The summed E-state index contributed by atoms with van der Waals surface area (Å²) in [6.07, 6.45) is 2.97. The number of fused-ring (bicyclic) bond motifs is 1. The Bertz CT molecular complexity index is 1490. The minimum absolute atomic E-state index is 0.0227. The Balaban J connectivity index is 2.05. The average Bonchev–Trinajstić information content (AvgIpc) is 3.22. The van der Waals surface area contributed by atoms with Gasteiger partial charge in [0, 0.05) is 30.8 Å². The van der Waals surface area contributed by atoms with Gasteiger partial charge >= 0.3 is 5.97 Å². The summed E-state index contributed by atoms with van der Waals surface area (Å²) in [6, 6.07) is 8.90. The molecule has 2 aromatic carbocycles. The molecule has 0 bridgehead atoms. The zero-order chi connectivity index (χ0) is 27.2. The van der Waals surface area contributed by atoms with E-state index in [0.717, 1.165) is 0 Å². The molecule has 0 atom stereocenters. The van der Waals surface area contributed by atoms with E-state index in [9.17, 15) is 18.0 Å². The van der Waals surface area contributed by atoms with Gasteiger partial charge in [0.05, 0.1) is 36.4 Å². The van der Waals surface area contributed by atoms with Crippen LogP contribution in [0.4, 0.5) is 0 Å². The van der Waals surface area contributed by atoms with Crippen LogP contribution < -0.4 is 14.3 Å². The molecule has 0 aliphatic carbocycles. The van der Waals surface area contributed by atoms with Crippen LogP contribution in [0.2, 0.25) is 0 Å². The van der Waals surface area contributed by atoms with E-state index in [1.165, 1.54) is 73.4 Å². The van der Waals surface area contributed by atoms with E-state index in [4.69, 9.17) is 14.2 Å². The second-order valence-corrected chi connectivity index (χ2v) is 10.5. The quantitative estimate of drug-likeness (QED) is 0.269. The van der Waals surface area contributed by atoms with Crippen molar-refractivity contribution in [1.29, 1.82) is 0 Å². The molecule has 0 spiro atoms. The van der Waals surface area contributed by atoms with Crippen LogP contribution in [0, 0.1) is 0 Å². The number of sulfonamides is 1. The third kappa shape index (κ3) is 5.98. The molecule has 1 aromatic heterocycles. The van der Waals surface area contributed by atoms with Crippen molar-refractivity contribution in [2.24, 2.45) is 4.99 Å². The van der Waals surface area contributed by atoms with E-state index in [1.807, 2.05) is 0 Å². The van der Waals surface area contributed by atoms with Crippen molar-refractivity contribution in [2.75, 3.05) is 34.4 Å². The number of rotatable bonds is 11. The van der Waals surface area contributed by atoms with Crippen LogP contribution in [-0.2, 0) is 26.1 Å². The number of amides is 1. The molecule has 0 aliphatic heterocycles. The van der Waals surface area contributed by atoms with Gasteiger partial charge in [0.15, 0.2) is 16.3 Å². The molecule has 0 radical (unpaired) electrons. The summed E-state index contributed by atoms with van der Waals surface area (Å²) in [7, 11) is 0.459. The first-order chi connectivity index (χ1) is 17.7. The highest BCUT2D eigenvalue weighted by Crippen LogP contribution is 2.33. The molecule has 0 fully saturated rings. The van der Waals surface area contributed by atoms with Gasteiger partial charge in [0.25, 0.3) is 5.91 Å². The molecule has 3 rings (SSSR count). The van der Waals surface area contributed by atoms with Crippen LogP contribution in [0.3, 0.4) is 0 Å². The van der Waals surface area contributed by atoms with E-state index in [2.05, 4.69) is 18.2 Å². The summed E-state index contributed by atoms with van der Waals surface area (Å²) in [6.45, 7) is 7.23. The number of thiazole rings is 1. The Labute approximate surface area is 218 Å². The van der Waals surface area contributed by atoms with Gasteiger partial charge in [-0.15, -0.1) is 13.2 Å². The summed E-state index contributed by atoms with van der Waals surface area (Å²) >= 11 is 1.18. The number of carbonyl (C=O) groups excluding carboxylic acids is 2. The van der Waals surface area contributed by atoms with Crippen molar-refractivity contribution in [3.8, 4) is 11.5 Å². The minimum atomic E-state index is -3.81. The summed E-state index contributed by atoms with van der Waals surface area (Å²) in [5.41, 5.74) is 0.778. The fourth-order valence-corrected chi connectivity index (χ4v) is 5.88. The highest BCUT2D eigenvalue weighted by Gasteiger charge is 2.23. The van der Waals surface area contributed by atoms with Gasteiger partial charge < -0.3 is 18.8 Å². The predicted molar refractivity (Wildman–Crippen MR) is 140 cm³/mol. The summed E-state index contributed by atoms with van der Waals surface area (Å²) in [5, 5.41) is 0. The molecule has 0 aliphatic rings. The smallest absolute Gasteiger partial charge is 0.325 e. The number of esters is 1. The standard InChI is InChI=1S/C25H27N3O7S2/c1-6-12-27(13-7-2)37(31,32)18-10-8-17(9-11-18)24(30)26-25-28(16-23(29)35-5)19-14-20(33-3)21(34-4)15-22(19)36-25/h6-11,14-15H,1-2,12-13,16H2,3-5H3. The van der Waals surface area contributed by atoms with Crippen LogP contribution in [-0.4, -0.2) is 63.6 Å². The first kappa shape index (κ1) is 27.8. The fourth-order valence-electron chi connectivity index (χ4n) is 3.46. The van der Waals surface area contributed by atoms with Crippen LogP contribution in [0.25, 0.3) is 10.2 Å². The number of hydrogen-bond acceptors (Lipinski definition) is 8. The number of methoxy groups -OCH3 is 3. The molecule has 1 amide bonds. The molecular formula is C25H27N3O7S2. The zero-order valence-electron chi connectivity index (χ0n) is 20.7. The molecule has 3 aromatic rings. The maximum atomic E-state index is 13.0. The number of aromatic nitrogens is 1. The highest BCUT2D eigenvalue weighted by molar-refractivity contribution is 7.89. The minimum Gasteiger partial charge on any atom is -0.493 e. The number of hydrogen-bond donors (Lipinski definition) is 0. The number of nitrogens with zero attached hydrogens (tertiary/aromatic N) is 3. The van der Waals surface area contributed by atoms with Gasteiger partial charge in [-0.2, -0.15) is 9.30 Å². The lowest BCUT2D eigenvalue weighted by molar-refractivity contribution is -0.141. The molecule has 0 saturated heterocycles. The second kappa shape index (κ2) is 12.0. The third-order valence-corrected chi connectivity index (χ3v) is 8.19. The average molecular weight is 546 g/mol. The maximum Gasteiger partial charge on any atom is 0.325 e. The van der Waals surface area contributed by atoms with Gasteiger partial charge in [-0.3, -0.25) is 9.59 Å². The Kier molecular flexibility index (Phi) is 9.03. The summed E-state index contributed by atoms with van der Waals surface area (Å²) in [5.74, 6) is -0.204. The highest BCUT2D eigenvalue weighted by atomic mass is 32.2. The van der Waals surface area contributed by atoms with E-state index < -0.39 is 21.9 Å². The molecule has 196 valence electrons. The third-order valence-electron chi connectivity index (χ3n) is 5.30. The van der Waals surface area contributed by atoms with E-state index in [0.29, 0.717) is 21.7 Å². The molecule has 0 unspecified atom stereocenters. The maximum absolute atomic E-state index is 13.0. The van der Waals surface area contributed by atoms with Crippen molar-refractivity contribution in [2.45, 2.75) is 11.4 Å². The normalized spacial score (nSPS) is 11.9. The number of ether oxygens (including phenoxy) is 3. The van der Waals surface area contributed by atoms with Crippen LogP contribution in [0.5, 0.6) is 11.5 Å². The Hall–Kier alpha value is -3.74. The lowest BCUT2D eigenvalue weighted by Gasteiger charge is -2.19. The largest absolute Gasteiger partial charge is 0.493 e. The molecule has 10 nitrogen and oxygen atoms in total. The molecule has 0 N–H and O–H groups in total. The second-order valence-electron chi connectivity index (χ2n) is 7.56. The molecule has 12 heteroatoms. The van der Waals surface area contributed by atoms with Crippen molar-refractivity contribution in [3.05, 3.63) is 72.1 Å². The lowest BCUT2D eigenvalue weighted by atomic mass is 10.2. The van der Waals surface area contributed by atoms with E-state index in [1.54, 1.807) is 16.7 Å². The van der Waals surface area contributed by atoms with E-state index in [-0.39, 0.29) is 34.9 Å². The Morgan fingerprint density at radius 3 is 2.16 bits per heavy atom. The first-order valence-corrected chi connectivity index (χ1v) is 13.2. The fraction of sp³-hybridized carbons (Fsp3) is 0.240. The topological polar surface area (TPSA) is 117 Å². The van der Waals surface area contributed by atoms with Gasteiger partial charge in [0.1, 0.15) is 6.54 Å². The van der Waals surface area contributed by atoms with E-state index >= 15 is 0 Å². The summed E-state index contributed by atoms with van der Waals surface area (Å²) < 4.78 is 44.8. The SMILES string of the molecule is C=CCN(CC=C)S(=O)(=O)c1ccc(C(=O)N=c2sc3cc(OC)c(OC)cc3n2CC(=O)OC)cc1. The number of benzene rings is 2. The number of carbonyl (C=O) groups is 2. The molecule has 0 saturated carbocycles. The van der Waals surface area contributed by atoms with Gasteiger partial charge in [0.2, 0.25) is 10.0 Å². The van der Waals surface area contributed by atoms with Crippen LogP contribution in [0.1, 0.15) is 10.4 Å². The van der Waals surface area contributed by atoms with Crippen LogP contribution in [0.15, 0.2) is 71.6 Å². The Morgan fingerprint density at radius 2 is 1.62 bits per heavy atom. The van der Waals surface area contributed by atoms with Gasteiger partial charge in [-0.25, -0.2) is 8.42 Å². The molecular weight excluding hydrogens is 518 g/mol. The molecule has 37 heavy (non-hydrogen) atoms. The molecule has 1 heterocycles. The first-order valence-electron chi connectivity index (χ1n) is 10.9. The van der Waals surface area contributed by atoms with Crippen molar-refractivity contribution in [3.63, 3.8) is 0 Å². The lowest BCUT2D eigenvalue weighted by Crippen LogP contribution is -2.31. The van der Waals surface area contributed by atoms with Gasteiger partial charge in [-0.1, -0.05) is 23.5 Å². The van der Waals surface area contributed by atoms with Crippen LogP contribution >= 0.6 is 11.3 Å². The summed E-state index contributed by atoms with van der Waals surface area (Å²) in [4.78, 5) is 29.6. The predicted octanol–water partition coefficient (Wildman–Crippen LogP) is 3.00.